The van der Waals surface area contributed by atoms with E-state index in [2.05, 4.69) is 5.32 Å². The molecular formula is C16H23ClN2O3. The lowest BCUT2D eigenvalue weighted by molar-refractivity contribution is -0.0494. The number of rotatable bonds is 6. The van der Waals surface area contributed by atoms with Gasteiger partial charge < -0.3 is 19.7 Å². The fraction of sp³-hybridized carbons (Fsp3) is 0.562. The second-order valence-corrected chi connectivity index (χ2v) is 5.79. The van der Waals surface area contributed by atoms with Gasteiger partial charge in [-0.1, -0.05) is 23.7 Å². The summed E-state index contributed by atoms with van der Waals surface area (Å²) in [5.41, 5.74) is 1.23. The van der Waals surface area contributed by atoms with Crippen LogP contribution in [0.2, 0.25) is 5.02 Å². The molecule has 6 heteroatoms. The van der Waals surface area contributed by atoms with Crippen molar-refractivity contribution >= 4 is 17.6 Å². The number of morpholine rings is 1. The zero-order chi connectivity index (χ0) is 15.8. The molecule has 1 heterocycles. The van der Waals surface area contributed by atoms with Crippen molar-refractivity contribution in [2.45, 2.75) is 18.9 Å². The smallest absolute Gasteiger partial charge is 0.317 e. The topological polar surface area (TPSA) is 50.8 Å². The summed E-state index contributed by atoms with van der Waals surface area (Å²) in [4.78, 5) is 13.9. The fourth-order valence-corrected chi connectivity index (χ4v) is 2.57. The monoisotopic (exact) mass is 326 g/mol. The van der Waals surface area contributed by atoms with Crippen molar-refractivity contribution in [1.82, 2.24) is 10.2 Å². The Morgan fingerprint density at radius 1 is 1.45 bits per heavy atom. The molecular weight excluding hydrogens is 304 g/mol. The van der Waals surface area contributed by atoms with E-state index in [9.17, 15) is 4.79 Å². The van der Waals surface area contributed by atoms with Crippen LogP contribution in [-0.2, 0) is 15.9 Å². The molecule has 5 nitrogen and oxygen atoms in total. The molecule has 1 fully saturated rings. The number of nitrogens with zero attached hydrogens (tertiary/aromatic N) is 1. The first kappa shape index (κ1) is 17.1. The number of ether oxygens (including phenoxy) is 2. The Morgan fingerprint density at radius 2 is 2.23 bits per heavy atom. The molecule has 122 valence electrons. The van der Waals surface area contributed by atoms with E-state index in [4.69, 9.17) is 21.1 Å². The van der Waals surface area contributed by atoms with Crippen molar-refractivity contribution in [1.29, 1.82) is 0 Å². The molecule has 0 aliphatic carbocycles. The van der Waals surface area contributed by atoms with E-state index in [1.807, 2.05) is 24.3 Å². The van der Waals surface area contributed by atoms with Crippen LogP contribution in [0.3, 0.4) is 0 Å². The molecule has 1 aromatic rings. The highest BCUT2D eigenvalue weighted by Gasteiger charge is 2.23. The molecule has 1 aliphatic heterocycles. The van der Waals surface area contributed by atoms with E-state index >= 15 is 0 Å². The maximum absolute atomic E-state index is 12.1. The van der Waals surface area contributed by atoms with Crippen LogP contribution in [0.25, 0.3) is 0 Å². The second kappa shape index (κ2) is 8.98. The first-order valence-corrected chi connectivity index (χ1v) is 7.94. The summed E-state index contributed by atoms with van der Waals surface area (Å²) in [6.07, 6.45) is 1.80. The van der Waals surface area contributed by atoms with Gasteiger partial charge in [0.25, 0.3) is 0 Å². The SMILES string of the molecule is COC[C@H]1CN(C(=O)NCCCc2ccc(Cl)cc2)CCO1. The second-order valence-electron chi connectivity index (χ2n) is 5.36. The molecule has 1 saturated heterocycles. The van der Waals surface area contributed by atoms with E-state index in [0.29, 0.717) is 32.8 Å². The Labute approximate surface area is 136 Å². The highest BCUT2D eigenvalue weighted by atomic mass is 35.5. The van der Waals surface area contributed by atoms with Gasteiger partial charge in [0.2, 0.25) is 0 Å². The first-order chi connectivity index (χ1) is 10.7. The third kappa shape index (κ3) is 5.48. The van der Waals surface area contributed by atoms with Gasteiger partial charge in [-0.25, -0.2) is 4.79 Å². The van der Waals surface area contributed by atoms with Gasteiger partial charge in [0.15, 0.2) is 0 Å². The normalized spacial score (nSPS) is 18.3. The number of urea groups is 1. The van der Waals surface area contributed by atoms with Gasteiger partial charge in [-0.15, -0.1) is 0 Å². The molecule has 0 bridgehead atoms. The molecule has 22 heavy (non-hydrogen) atoms. The van der Waals surface area contributed by atoms with Crippen molar-refractivity contribution in [3.8, 4) is 0 Å². The average molecular weight is 327 g/mol. The number of hydrogen-bond acceptors (Lipinski definition) is 3. The predicted molar refractivity (Wildman–Crippen MR) is 86.4 cm³/mol. The summed E-state index contributed by atoms with van der Waals surface area (Å²) in [5.74, 6) is 0. The predicted octanol–water partition coefficient (Wildman–Crippen LogP) is 2.33. The molecule has 0 spiro atoms. The number of carbonyl (C=O) groups is 1. The van der Waals surface area contributed by atoms with Crippen molar-refractivity contribution in [2.75, 3.05) is 40.0 Å². The summed E-state index contributed by atoms with van der Waals surface area (Å²) in [6.45, 7) is 2.94. The van der Waals surface area contributed by atoms with Gasteiger partial charge in [-0.05, 0) is 30.5 Å². The number of aryl methyl sites for hydroxylation is 1. The van der Waals surface area contributed by atoms with Gasteiger partial charge in [-0.3, -0.25) is 0 Å². The number of amides is 2. The fourth-order valence-electron chi connectivity index (χ4n) is 2.44. The maximum atomic E-state index is 12.1. The van der Waals surface area contributed by atoms with Crippen LogP contribution < -0.4 is 5.32 Å². The number of nitrogens with one attached hydrogen (secondary N) is 1. The number of methoxy groups -OCH3 is 1. The quantitative estimate of drug-likeness (QED) is 0.816. The molecule has 1 aliphatic rings. The van der Waals surface area contributed by atoms with Crippen molar-refractivity contribution in [3.63, 3.8) is 0 Å². The van der Waals surface area contributed by atoms with E-state index in [-0.39, 0.29) is 12.1 Å². The Kier molecular flexibility index (Phi) is 6.96. The van der Waals surface area contributed by atoms with Crippen LogP contribution in [0.1, 0.15) is 12.0 Å². The van der Waals surface area contributed by atoms with Crippen LogP contribution in [0.4, 0.5) is 4.79 Å². The highest BCUT2D eigenvalue weighted by molar-refractivity contribution is 6.30. The zero-order valence-electron chi connectivity index (χ0n) is 12.9. The minimum Gasteiger partial charge on any atom is -0.382 e. The zero-order valence-corrected chi connectivity index (χ0v) is 13.6. The summed E-state index contributed by atoms with van der Waals surface area (Å²) in [5, 5.41) is 3.71. The van der Waals surface area contributed by atoms with Crippen LogP contribution in [-0.4, -0.2) is 57.0 Å². The molecule has 1 atom stereocenters. The minimum atomic E-state index is -0.0291. The van der Waals surface area contributed by atoms with Crippen LogP contribution in [0.5, 0.6) is 0 Å². The highest BCUT2D eigenvalue weighted by Crippen LogP contribution is 2.11. The largest absolute Gasteiger partial charge is 0.382 e. The molecule has 0 aromatic heterocycles. The van der Waals surface area contributed by atoms with E-state index in [1.54, 1.807) is 12.0 Å². The van der Waals surface area contributed by atoms with Crippen molar-refractivity contribution in [3.05, 3.63) is 34.9 Å². The van der Waals surface area contributed by atoms with Crippen LogP contribution in [0.15, 0.2) is 24.3 Å². The standard InChI is InChI=1S/C16H23ClN2O3/c1-21-12-15-11-19(9-10-22-15)16(20)18-8-2-3-13-4-6-14(17)7-5-13/h4-7,15H,2-3,8-12H2,1H3,(H,18,20)/t15-/m1/s1. The first-order valence-electron chi connectivity index (χ1n) is 7.57. The van der Waals surface area contributed by atoms with Gasteiger partial charge in [-0.2, -0.15) is 0 Å². The number of hydrogen-bond donors (Lipinski definition) is 1. The number of benzene rings is 1. The van der Waals surface area contributed by atoms with E-state index in [0.717, 1.165) is 17.9 Å². The molecule has 0 unspecified atom stereocenters. The average Bonchev–Trinajstić information content (AvgIpc) is 2.53. The van der Waals surface area contributed by atoms with E-state index < -0.39 is 0 Å². The van der Waals surface area contributed by atoms with Crippen LogP contribution in [0, 0.1) is 0 Å². The van der Waals surface area contributed by atoms with Gasteiger partial charge >= 0.3 is 6.03 Å². The molecule has 1 aromatic carbocycles. The summed E-state index contributed by atoms with van der Waals surface area (Å²) in [7, 11) is 1.64. The third-order valence-corrected chi connectivity index (χ3v) is 3.86. The summed E-state index contributed by atoms with van der Waals surface area (Å²) in [6, 6.07) is 7.78. The number of halogens is 1. The van der Waals surface area contributed by atoms with Crippen molar-refractivity contribution in [2.24, 2.45) is 0 Å². The number of carbonyl (C=O) groups excluding carboxylic acids is 1. The summed E-state index contributed by atoms with van der Waals surface area (Å²) < 4.78 is 10.6. The Balaban J connectivity index is 1.65. The lowest BCUT2D eigenvalue weighted by Gasteiger charge is -2.32. The molecule has 0 radical (unpaired) electrons. The van der Waals surface area contributed by atoms with Gasteiger partial charge in [0, 0.05) is 25.2 Å². The van der Waals surface area contributed by atoms with Gasteiger partial charge in [0.1, 0.15) is 0 Å². The minimum absolute atomic E-state index is 0.0273. The van der Waals surface area contributed by atoms with Gasteiger partial charge in [0.05, 0.1) is 25.9 Å². The Bertz CT molecular complexity index is 465. The lowest BCUT2D eigenvalue weighted by atomic mass is 10.1. The third-order valence-electron chi connectivity index (χ3n) is 3.61. The molecule has 0 saturated carbocycles. The van der Waals surface area contributed by atoms with Crippen molar-refractivity contribution < 1.29 is 14.3 Å². The van der Waals surface area contributed by atoms with Crippen LogP contribution >= 0.6 is 11.6 Å². The lowest BCUT2D eigenvalue weighted by Crippen LogP contribution is -2.50. The Hall–Kier alpha value is -1.30. The summed E-state index contributed by atoms with van der Waals surface area (Å²) >= 11 is 5.85. The molecule has 1 N–H and O–H groups in total. The van der Waals surface area contributed by atoms with E-state index in [1.165, 1.54) is 5.56 Å². The Morgan fingerprint density at radius 3 is 2.95 bits per heavy atom. The maximum Gasteiger partial charge on any atom is 0.317 e. The molecule has 2 rings (SSSR count). The molecule has 2 amide bonds.